The van der Waals surface area contributed by atoms with Crippen molar-refractivity contribution >= 4 is 69.4 Å². The molecule has 7 heteroatoms. The van der Waals surface area contributed by atoms with E-state index in [0.29, 0.717) is 25.1 Å². The number of carbonyl (C=O) groups excluding carboxylic acids is 1. The van der Waals surface area contributed by atoms with Crippen molar-refractivity contribution in [1.82, 2.24) is 5.32 Å². The van der Waals surface area contributed by atoms with E-state index >= 15 is 0 Å². The number of benzene rings is 2. The summed E-state index contributed by atoms with van der Waals surface area (Å²) in [7, 11) is 0. The molecule has 0 unspecified atom stereocenters. The van der Waals surface area contributed by atoms with E-state index in [4.69, 9.17) is 34.8 Å². The number of amides is 1. The van der Waals surface area contributed by atoms with Gasteiger partial charge in [0.1, 0.15) is 0 Å². The fourth-order valence-corrected chi connectivity index (χ4v) is 3.37. The maximum Gasteiger partial charge on any atom is 0.264 e. The van der Waals surface area contributed by atoms with Gasteiger partial charge in [0.2, 0.25) is 0 Å². The molecule has 0 atom stereocenters. The molecule has 1 amide bonds. The molecule has 3 rings (SSSR count). The third-order valence-electron chi connectivity index (χ3n) is 3.35. The van der Waals surface area contributed by atoms with Crippen LogP contribution in [-0.2, 0) is 4.79 Å². The first-order chi connectivity index (χ1) is 11.4. The van der Waals surface area contributed by atoms with E-state index in [1.807, 2.05) is 19.1 Å². The molecular weight excluding hydrogens is 387 g/mol. The first kappa shape index (κ1) is 17.4. The van der Waals surface area contributed by atoms with Gasteiger partial charge in [0.25, 0.3) is 5.91 Å². The number of nitrogens with one attached hydrogen (secondary N) is 1. The van der Waals surface area contributed by atoms with Crippen LogP contribution in [0.4, 0.5) is 5.69 Å². The monoisotopic (exact) mass is 396 g/mol. The minimum atomic E-state index is -0.204. The van der Waals surface area contributed by atoms with Gasteiger partial charge in [0.05, 0.1) is 20.6 Å². The number of hydrogen-bond acceptors (Lipinski definition) is 3. The topological polar surface area (TPSA) is 41.5 Å². The van der Waals surface area contributed by atoms with Gasteiger partial charge in [-0.15, -0.1) is 0 Å². The number of nitrogens with zero attached hydrogens (tertiary/aromatic N) is 1. The number of amidine groups is 1. The molecule has 2 aromatic carbocycles. The van der Waals surface area contributed by atoms with Crippen molar-refractivity contribution in [3.63, 3.8) is 0 Å². The number of halogens is 3. The van der Waals surface area contributed by atoms with E-state index in [0.717, 1.165) is 16.8 Å². The van der Waals surface area contributed by atoms with Crippen molar-refractivity contribution in [3.8, 4) is 0 Å². The molecule has 1 N–H and O–H groups in total. The van der Waals surface area contributed by atoms with Crippen molar-refractivity contribution in [2.24, 2.45) is 4.99 Å². The minimum absolute atomic E-state index is 0.204. The van der Waals surface area contributed by atoms with Crippen molar-refractivity contribution in [3.05, 3.63) is 67.5 Å². The van der Waals surface area contributed by atoms with Crippen LogP contribution in [0.2, 0.25) is 15.1 Å². The molecule has 0 radical (unpaired) electrons. The second-order valence-electron chi connectivity index (χ2n) is 5.04. The highest BCUT2D eigenvalue weighted by molar-refractivity contribution is 8.18. The molecule has 1 heterocycles. The Morgan fingerprint density at radius 2 is 1.88 bits per heavy atom. The van der Waals surface area contributed by atoms with Crippen LogP contribution in [0.3, 0.4) is 0 Å². The molecule has 0 bridgehead atoms. The van der Waals surface area contributed by atoms with E-state index < -0.39 is 0 Å². The summed E-state index contributed by atoms with van der Waals surface area (Å²) in [4.78, 5) is 17.1. The van der Waals surface area contributed by atoms with Crippen LogP contribution in [0.15, 0.2) is 46.3 Å². The van der Waals surface area contributed by atoms with E-state index in [1.54, 1.807) is 30.3 Å². The third-order valence-corrected chi connectivity index (χ3v) is 5.41. The summed E-state index contributed by atoms with van der Waals surface area (Å²) < 4.78 is 0. The summed E-state index contributed by atoms with van der Waals surface area (Å²) in [6.45, 7) is 1.88. The van der Waals surface area contributed by atoms with Crippen molar-refractivity contribution < 1.29 is 4.79 Å². The highest BCUT2D eigenvalue weighted by Gasteiger charge is 2.24. The van der Waals surface area contributed by atoms with Crippen LogP contribution < -0.4 is 5.32 Å². The van der Waals surface area contributed by atoms with E-state index in [9.17, 15) is 4.79 Å². The fraction of sp³-hybridized carbons (Fsp3) is 0.0588. The Hall–Kier alpha value is -1.46. The maximum atomic E-state index is 12.1. The first-order valence-electron chi connectivity index (χ1n) is 6.94. The number of hydrogen-bond donors (Lipinski definition) is 1. The number of rotatable bonds is 2. The molecule has 1 fully saturated rings. The lowest BCUT2D eigenvalue weighted by Gasteiger charge is -2.02. The molecule has 0 aliphatic carbocycles. The Bertz CT molecular complexity index is 893. The average Bonchev–Trinajstić information content (AvgIpc) is 2.87. The van der Waals surface area contributed by atoms with Gasteiger partial charge in [-0.05, 0) is 60.2 Å². The lowest BCUT2D eigenvalue weighted by Crippen LogP contribution is -2.19. The first-order valence-corrected chi connectivity index (χ1v) is 8.89. The Balaban J connectivity index is 1.88. The minimum Gasteiger partial charge on any atom is -0.300 e. The normalized spacial score (nSPS) is 17.6. The van der Waals surface area contributed by atoms with Crippen molar-refractivity contribution in [2.75, 3.05) is 0 Å². The van der Waals surface area contributed by atoms with E-state index in [-0.39, 0.29) is 5.91 Å². The quantitative estimate of drug-likeness (QED) is 0.646. The summed E-state index contributed by atoms with van der Waals surface area (Å²) in [5.41, 5.74) is 2.38. The predicted molar refractivity (Wildman–Crippen MR) is 103 cm³/mol. The Labute approximate surface area is 158 Å². The molecule has 0 aromatic heterocycles. The average molecular weight is 398 g/mol. The van der Waals surface area contributed by atoms with Gasteiger partial charge in [-0.1, -0.05) is 46.9 Å². The Morgan fingerprint density at radius 1 is 1.08 bits per heavy atom. The van der Waals surface area contributed by atoms with Gasteiger partial charge in [0.15, 0.2) is 5.17 Å². The molecule has 24 heavy (non-hydrogen) atoms. The van der Waals surface area contributed by atoms with Crippen LogP contribution in [0.25, 0.3) is 6.08 Å². The predicted octanol–water partition coefficient (Wildman–Crippen LogP) is 5.85. The summed E-state index contributed by atoms with van der Waals surface area (Å²) in [6, 6.07) is 10.7. The van der Waals surface area contributed by atoms with Crippen LogP contribution in [0, 0.1) is 6.92 Å². The third kappa shape index (κ3) is 3.78. The number of aliphatic imine (C=N–C) groups is 1. The highest BCUT2D eigenvalue weighted by atomic mass is 35.5. The second-order valence-corrected chi connectivity index (χ2v) is 7.29. The molecule has 1 saturated heterocycles. The van der Waals surface area contributed by atoms with Gasteiger partial charge < -0.3 is 5.32 Å². The lowest BCUT2D eigenvalue weighted by atomic mass is 10.2. The zero-order valence-electron chi connectivity index (χ0n) is 12.4. The standard InChI is InChI=1S/C17H11Cl3N2OS/c1-9-11(18)3-2-4-14(9)21-17-22-16(23)15(24-17)8-10-5-6-12(19)13(20)7-10/h2-8H,1H3,(H,21,22,23)/b15-8+. The zero-order valence-corrected chi connectivity index (χ0v) is 15.5. The molecule has 2 aromatic rings. The van der Waals surface area contributed by atoms with Gasteiger partial charge >= 0.3 is 0 Å². The summed E-state index contributed by atoms with van der Waals surface area (Å²) in [6.07, 6.45) is 1.75. The molecule has 3 nitrogen and oxygen atoms in total. The highest BCUT2D eigenvalue weighted by Crippen LogP contribution is 2.32. The second kappa shape index (κ2) is 7.19. The van der Waals surface area contributed by atoms with Crippen LogP contribution in [-0.4, -0.2) is 11.1 Å². The van der Waals surface area contributed by atoms with E-state index in [1.165, 1.54) is 11.8 Å². The molecule has 0 saturated carbocycles. The summed E-state index contributed by atoms with van der Waals surface area (Å²) in [5.74, 6) is -0.204. The smallest absolute Gasteiger partial charge is 0.264 e. The molecule has 0 spiro atoms. The zero-order chi connectivity index (χ0) is 17.3. The van der Waals surface area contributed by atoms with Crippen molar-refractivity contribution in [2.45, 2.75) is 6.92 Å². The summed E-state index contributed by atoms with van der Waals surface area (Å²) in [5, 5.41) is 4.81. The van der Waals surface area contributed by atoms with Crippen LogP contribution in [0.1, 0.15) is 11.1 Å². The van der Waals surface area contributed by atoms with Crippen LogP contribution in [0.5, 0.6) is 0 Å². The molecular formula is C17H11Cl3N2OS. The number of carbonyl (C=O) groups is 1. The SMILES string of the molecule is Cc1c(Cl)cccc1N=C1NC(=O)/C(=C\c2ccc(Cl)c(Cl)c2)S1. The molecule has 1 aliphatic heterocycles. The largest absolute Gasteiger partial charge is 0.300 e. The Kier molecular flexibility index (Phi) is 5.21. The molecule has 122 valence electrons. The fourth-order valence-electron chi connectivity index (χ4n) is 2.06. The van der Waals surface area contributed by atoms with Gasteiger partial charge in [0, 0.05) is 5.02 Å². The van der Waals surface area contributed by atoms with Crippen LogP contribution >= 0.6 is 46.6 Å². The van der Waals surface area contributed by atoms with E-state index in [2.05, 4.69) is 10.3 Å². The van der Waals surface area contributed by atoms with Gasteiger partial charge in [-0.25, -0.2) is 4.99 Å². The number of thioether (sulfide) groups is 1. The lowest BCUT2D eigenvalue weighted by molar-refractivity contribution is -0.115. The van der Waals surface area contributed by atoms with Crippen molar-refractivity contribution in [1.29, 1.82) is 0 Å². The Morgan fingerprint density at radius 3 is 2.62 bits per heavy atom. The van der Waals surface area contributed by atoms with Gasteiger partial charge in [-0.3, -0.25) is 4.79 Å². The summed E-state index contributed by atoms with van der Waals surface area (Å²) >= 11 is 19.3. The molecule has 1 aliphatic rings. The maximum absolute atomic E-state index is 12.1. The van der Waals surface area contributed by atoms with Gasteiger partial charge in [-0.2, -0.15) is 0 Å².